The maximum absolute atomic E-state index is 11.6. The van der Waals surface area contributed by atoms with E-state index in [9.17, 15) is 9.59 Å². The monoisotopic (exact) mass is 289 g/mol. The van der Waals surface area contributed by atoms with E-state index in [2.05, 4.69) is 0 Å². The van der Waals surface area contributed by atoms with E-state index in [1.807, 2.05) is 37.1 Å². The van der Waals surface area contributed by atoms with Crippen LogP contribution < -0.4 is 5.63 Å². The quantitative estimate of drug-likeness (QED) is 0.827. The molecular formula is C16H19NO4. The van der Waals surface area contributed by atoms with Crippen LogP contribution in [0.15, 0.2) is 33.5 Å². The molecule has 0 aliphatic heterocycles. The molecule has 0 bridgehead atoms. The van der Waals surface area contributed by atoms with E-state index in [-0.39, 0.29) is 12.0 Å². The summed E-state index contributed by atoms with van der Waals surface area (Å²) in [4.78, 5) is 24.2. The van der Waals surface area contributed by atoms with Gasteiger partial charge in [-0.25, -0.2) is 4.79 Å². The van der Waals surface area contributed by atoms with Gasteiger partial charge in [0.05, 0.1) is 0 Å². The second-order valence-electron chi connectivity index (χ2n) is 5.33. The number of aryl methyl sites for hydroxylation is 1. The van der Waals surface area contributed by atoms with Gasteiger partial charge in [-0.1, -0.05) is 12.1 Å². The summed E-state index contributed by atoms with van der Waals surface area (Å²) in [5, 5.41) is 9.57. The Labute approximate surface area is 122 Å². The van der Waals surface area contributed by atoms with Gasteiger partial charge in [-0.05, 0) is 44.1 Å². The molecule has 2 aromatic rings. The van der Waals surface area contributed by atoms with Crippen molar-refractivity contribution in [2.75, 3.05) is 13.6 Å². The van der Waals surface area contributed by atoms with Crippen molar-refractivity contribution < 1.29 is 14.3 Å². The number of hydrogen-bond acceptors (Lipinski definition) is 4. The average molecular weight is 289 g/mol. The van der Waals surface area contributed by atoms with Gasteiger partial charge in [0.2, 0.25) is 0 Å². The van der Waals surface area contributed by atoms with Crippen molar-refractivity contribution in [2.24, 2.45) is 0 Å². The molecule has 0 aliphatic carbocycles. The molecule has 0 atom stereocenters. The number of benzene rings is 1. The Kier molecular flexibility index (Phi) is 4.75. The first-order chi connectivity index (χ1) is 9.95. The van der Waals surface area contributed by atoms with Crippen molar-refractivity contribution in [3.63, 3.8) is 0 Å². The summed E-state index contributed by atoms with van der Waals surface area (Å²) < 4.78 is 5.23. The van der Waals surface area contributed by atoms with E-state index in [1.165, 1.54) is 6.07 Å². The average Bonchev–Trinajstić information content (AvgIpc) is 2.37. The SMILES string of the molecule is Cc1ccc2c(CN(C)CCCC(=O)O)cc(=O)oc2c1. The van der Waals surface area contributed by atoms with Gasteiger partial charge >= 0.3 is 11.6 Å². The van der Waals surface area contributed by atoms with E-state index >= 15 is 0 Å². The van der Waals surface area contributed by atoms with E-state index in [4.69, 9.17) is 9.52 Å². The van der Waals surface area contributed by atoms with Crippen LogP contribution in [0.2, 0.25) is 0 Å². The van der Waals surface area contributed by atoms with Crippen molar-refractivity contribution in [3.05, 3.63) is 45.8 Å². The molecule has 21 heavy (non-hydrogen) atoms. The smallest absolute Gasteiger partial charge is 0.336 e. The third kappa shape index (κ3) is 4.16. The van der Waals surface area contributed by atoms with Gasteiger partial charge in [0, 0.05) is 24.4 Å². The van der Waals surface area contributed by atoms with Crippen LogP contribution in [0.3, 0.4) is 0 Å². The van der Waals surface area contributed by atoms with Gasteiger partial charge in [0.25, 0.3) is 0 Å². The third-order valence-corrected chi connectivity index (χ3v) is 3.36. The number of nitrogens with zero attached hydrogens (tertiary/aromatic N) is 1. The van der Waals surface area contributed by atoms with Gasteiger partial charge < -0.3 is 14.4 Å². The molecule has 1 aromatic carbocycles. The maximum atomic E-state index is 11.6. The molecule has 0 saturated heterocycles. The predicted octanol–water partition coefficient (Wildman–Crippen LogP) is 2.40. The summed E-state index contributed by atoms with van der Waals surface area (Å²) >= 11 is 0. The van der Waals surface area contributed by atoms with Crippen molar-refractivity contribution in [2.45, 2.75) is 26.3 Å². The van der Waals surface area contributed by atoms with Crippen LogP contribution in [0.4, 0.5) is 0 Å². The van der Waals surface area contributed by atoms with Gasteiger partial charge in [0.15, 0.2) is 0 Å². The largest absolute Gasteiger partial charge is 0.481 e. The molecule has 1 aromatic heterocycles. The Morgan fingerprint density at radius 1 is 1.33 bits per heavy atom. The van der Waals surface area contributed by atoms with Crippen LogP contribution in [0.5, 0.6) is 0 Å². The van der Waals surface area contributed by atoms with Crippen LogP contribution in [-0.4, -0.2) is 29.6 Å². The van der Waals surface area contributed by atoms with E-state index in [1.54, 1.807) is 0 Å². The van der Waals surface area contributed by atoms with Gasteiger partial charge in [-0.2, -0.15) is 0 Å². The first-order valence-corrected chi connectivity index (χ1v) is 6.89. The number of rotatable bonds is 6. The second kappa shape index (κ2) is 6.54. The maximum Gasteiger partial charge on any atom is 0.336 e. The summed E-state index contributed by atoms with van der Waals surface area (Å²) in [5.74, 6) is -0.787. The summed E-state index contributed by atoms with van der Waals surface area (Å²) in [7, 11) is 1.91. The van der Waals surface area contributed by atoms with Crippen LogP contribution in [0.1, 0.15) is 24.0 Å². The Morgan fingerprint density at radius 3 is 2.81 bits per heavy atom. The van der Waals surface area contributed by atoms with Crippen LogP contribution in [-0.2, 0) is 11.3 Å². The summed E-state index contributed by atoms with van der Waals surface area (Å²) in [5.41, 5.74) is 2.18. The van der Waals surface area contributed by atoms with E-state index < -0.39 is 5.97 Å². The van der Waals surface area contributed by atoms with Gasteiger partial charge in [-0.3, -0.25) is 4.79 Å². The fourth-order valence-corrected chi connectivity index (χ4v) is 2.34. The van der Waals surface area contributed by atoms with Crippen LogP contribution in [0, 0.1) is 6.92 Å². The fourth-order valence-electron chi connectivity index (χ4n) is 2.34. The number of carboxylic acid groups (broad SMARTS) is 1. The van der Waals surface area contributed by atoms with Crippen molar-refractivity contribution >= 4 is 16.9 Å². The summed E-state index contributed by atoms with van der Waals surface area (Å²) in [6.07, 6.45) is 0.742. The Morgan fingerprint density at radius 2 is 2.10 bits per heavy atom. The van der Waals surface area contributed by atoms with E-state index in [0.29, 0.717) is 25.1 Å². The molecule has 2 rings (SSSR count). The van der Waals surface area contributed by atoms with Gasteiger partial charge in [0.1, 0.15) is 5.58 Å². The molecule has 112 valence electrons. The molecule has 0 spiro atoms. The second-order valence-corrected chi connectivity index (χ2v) is 5.33. The minimum atomic E-state index is -0.787. The zero-order valence-corrected chi connectivity index (χ0v) is 12.3. The predicted molar refractivity (Wildman–Crippen MR) is 80.4 cm³/mol. The highest BCUT2D eigenvalue weighted by molar-refractivity contribution is 5.80. The standard InChI is InChI=1S/C16H19NO4/c1-11-5-6-13-12(9-16(20)21-14(13)8-11)10-17(2)7-3-4-15(18)19/h5-6,8-9H,3-4,7,10H2,1-2H3,(H,18,19). The number of carbonyl (C=O) groups is 1. The van der Waals surface area contributed by atoms with Crippen LogP contribution in [0.25, 0.3) is 11.0 Å². The highest BCUT2D eigenvalue weighted by Gasteiger charge is 2.09. The van der Waals surface area contributed by atoms with Crippen molar-refractivity contribution in [3.8, 4) is 0 Å². The fraction of sp³-hybridized carbons (Fsp3) is 0.375. The number of aliphatic carboxylic acids is 1. The number of fused-ring (bicyclic) bond motifs is 1. The minimum Gasteiger partial charge on any atom is -0.481 e. The molecule has 5 heteroatoms. The Hall–Kier alpha value is -2.14. The third-order valence-electron chi connectivity index (χ3n) is 3.36. The molecular weight excluding hydrogens is 270 g/mol. The highest BCUT2D eigenvalue weighted by Crippen LogP contribution is 2.19. The molecule has 1 N–H and O–H groups in total. The lowest BCUT2D eigenvalue weighted by molar-refractivity contribution is -0.137. The summed E-state index contributed by atoms with van der Waals surface area (Å²) in [6, 6.07) is 7.29. The first kappa shape index (κ1) is 15.3. The molecule has 0 fully saturated rings. The normalized spacial score (nSPS) is 11.2. The minimum absolute atomic E-state index is 0.154. The zero-order chi connectivity index (χ0) is 15.4. The lowest BCUT2D eigenvalue weighted by Crippen LogP contribution is -2.20. The first-order valence-electron chi connectivity index (χ1n) is 6.89. The molecule has 0 radical (unpaired) electrons. The number of carboxylic acids is 1. The van der Waals surface area contributed by atoms with Crippen molar-refractivity contribution in [1.82, 2.24) is 4.90 Å². The summed E-state index contributed by atoms with van der Waals surface area (Å²) in [6.45, 7) is 3.20. The van der Waals surface area contributed by atoms with Crippen molar-refractivity contribution in [1.29, 1.82) is 0 Å². The Bertz CT molecular complexity index is 705. The molecule has 0 unspecified atom stereocenters. The van der Waals surface area contributed by atoms with Crippen LogP contribution >= 0.6 is 0 Å². The molecule has 1 heterocycles. The number of hydrogen-bond donors (Lipinski definition) is 1. The zero-order valence-electron chi connectivity index (χ0n) is 12.3. The highest BCUT2D eigenvalue weighted by atomic mass is 16.4. The lowest BCUT2D eigenvalue weighted by Gasteiger charge is -2.17. The Balaban J connectivity index is 2.17. The lowest BCUT2D eigenvalue weighted by atomic mass is 10.1. The topological polar surface area (TPSA) is 70.8 Å². The van der Waals surface area contributed by atoms with E-state index in [0.717, 1.165) is 16.5 Å². The molecule has 0 amide bonds. The molecule has 0 saturated carbocycles. The molecule has 5 nitrogen and oxygen atoms in total. The molecule has 0 aliphatic rings. The van der Waals surface area contributed by atoms with Gasteiger partial charge in [-0.15, -0.1) is 0 Å².